The zero-order valence-corrected chi connectivity index (χ0v) is 20.2. The number of sulfonamides is 1. The molecule has 1 atom stereocenters. The molecule has 1 aromatic heterocycles. The molecule has 3 heterocycles. The third kappa shape index (κ3) is 4.23. The number of fused-ring (bicyclic) bond motifs is 2. The number of carbonyl (C=O) groups excluding carboxylic acids is 1. The SMILES string of the molecule is CCn1c(=NC(=O)C2CCCN(S(=O)(=O)c3ccc(F)cc3)C2)sc2cc3c(cc21)OCCO3. The number of benzene rings is 2. The van der Waals surface area contributed by atoms with Crippen LogP contribution in [-0.2, 0) is 21.4 Å². The van der Waals surface area contributed by atoms with E-state index in [1.54, 1.807) is 0 Å². The van der Waals surface area contributed by atoms with Gasteiger partial charge in [0.1, 0.15) is 19.0 Å². The largest absolute Gasteiger partial charge is 0.486 e. The number of carbonyl (C=O) groups is 1. The molecule has 0 saturated carbocycles. The Kier molecular flexibility index (Phi) is 6.17. The zero-order chi connectivity index (χ0) is 23.9. The minimum Gasteiger partial charge on any atom is -0.486 e. The first kappa shape index (κ1) is 23.0. The summed E-state index contributed by atoms with van der Waals surface area (Å²) >= 11 is 1.39. The van der Waals surface area contributed by atoms with Gasteiger partial charge >= 0.3 is 0 Å². The van der Waals surface area contributed by atoms with Crippen molar-refractivity contribution in [2.75, 3.05) is 26.3 Å². The lowest BCUT2D eigenvalue weighted by Crippen LogP contribution is -2.42. The third-order valence-corrected chi connectivity index (χ3v) is 8.97. The first-order chi connectivity index (χ1) is 16.4. The Hall–Kier alpha value is -2.76. The Morgan fingerprint density at radius 3 is 2.59 bits per heavy atom. The second-order valence-corrected chi connectivity index (χ2v) is 11.1. The minimum atomic E-state index is -3.82. The van der Waals surface area contributed by atoms with Crippen LogP contribution in [0.1, 0.15) is 19.8 Å². The summed E-state index contributed by atoms with van der Waals surface area (Å²) in [7, 11) is -3.82. The molecule has 1 fully saturated rings. The fourth-order valence-electron chi connectivity index (χ4n) is 4.30. The summed E-state index contributed by atoms with van der Waals surface area (Å²) in [6.45, 7) is 3.93. The molecule has 1 amide bonds. The van der Waals surface area contributed by atoms with E-state index in [2.05, 4.69) is 4.99 Å². The van der Waals surface area contributed by atoms with Crippen LogP contribution in [0.25, 0.3) is 10.2 Å². The van der Waals surface area contributed by atoms with Crippen LogP contribution in [0.5, 0.6) is 11.5 Å². The predicted molar refractivity (Wildman–Crippen MR) is 125 cm³/mol. The summed E-state index contributed by atoms with van der Waals surface area (Å²) in [4.78, 5) is 18.1. The van der Waals surface area contributed by atoms with E-state index in [1.165, 1.54) is 27.8 Å². The van der Waals surface area contributed by atoms with Gasteiger partial charge in [0, 0.05) is 31.8 Å². The van der Waals surface area contributed by atoms with Gasteiger partial charge in [-0.2, -0.15) is 9.30 Å². The number of rotatable bonds is 4. The monoisotopic (exact) mass is 505 g/mol. The number of amides is 1. The van der Waals surface area contributed by atoms with E-state index in [0.717, 1.165) is 22.3 Å². The fraction of sp³-hybridized carbons (Fsp3) is 0.391. The number of aromatic nitrogens is 1. The summed E-state index contributed by atoms with van der Waals surface area (Å²) in [5, 5.41) is 0. The Bertz CT molecular complexity index is 1410. The summed E-state index contributed by atoms with van der Waals surface area (Å²) in [6, 6.07) is 8.54. The van der Waals surface area contributed by atoms with Crippen LogP contribution >= 0.6 is 11.3 Å². The van der Waals surface area contributed by atoms with Gasteiger partial charge in [-0.05, 0) is 44.0 Å². The highest BCUT2D eigenvalue weighted by Crippen LogP contribution is 2.35. The summed E-state index contributed by atoms with van der Waals surface area (Å²) in [5.74, 6) is -0.0408. The lowest BCUT2D eigenvalue weighted by molar-refractivity contribution is -0.122. The maximum Gasteiger partial charge on any atom is 0.252 e. The topological polar surface area (TPSA) is 90.2 Å². The fourth-order valence-corrected chi connectivity index (χ4v) is 6.93. The summed E-state index contributed by atoms with van der Waals surface area (Å²) in [6.07, 6.45) is 1.11. The lowest BCUT2D eigenvalue weighted by atomic mass is 9.99. The molecule has 0 aliphatic carbocycles. The van der Waals surface area contributed by atoms with E-state index in [9.17, 15) is 17.6 Å². The lowest BCUT2D eigenvalue weighted by Gasteiger charge is -2.30. The Balaban J connectivity index is 1.43. The highest BCUT2D eigenvalue weighted by atomic mass is 32.2. The molecule has 8 nitrogen and oxygen atoms in total. The average molecular weight is 506 g/mol. The van der Waals surface area contributed by atoms with Gasteiger partial charge in [0.2, 0.25) is 10.0 Å². The van der Waals surface area contributed by atoms with E-state index in [-0.39, 0.29) is 17.3 Å². The second-order valence-electron chi connectivity index (χ2n) is 8.20. The van der Waals surface area contributed by atoms with Gasteiger partial charge in [0.05, 0.1) is 21.0 Å². The van der Waals surface area contributed by atoms with E-state index < -0.39 is 21.8 Å². The van der Waals surface area contributed by atoms with Crippen LogP contribution in [0, 0.1) is 11.7 Å². The predicted octanol–water partition coefficient (Wildman–Crippen LogP) is 3.16. The number of thiazole rings is 1. The molecule has 34 heavy (non-hydrogen) atoms. The Morgan fingerprint density at radius 2 is 1.88 bits per heavy atom. The number of aryl methyl sites for hydroxylation is 1. The number of piperidine rings is 1. The molecule has 0 bridgehead atoms. The van der Waals surface area contributed by atoms with Crippen LogP contribution in [-0.4, -0.2) is 49.5 Å². The van der Waals surface area contributed by atoms with Crippen molar-refractivity contribution >= 4 is 37.5 Å². The molecule has 2 aromatic carbocycles. The van der Waals surface area contributed by atoms with E-state index >= 15 is 0 Å². The van der Waals surface area contributed by atoms with E-state index in [1.807, 2.05) is 23.6 Å². The first-order valence-corrected chi connectivity index (χ1v) is 13.4. The number of halogens is 1. The highest BCUT2D eigenvalue weighted by molar-refractivity contribution is 7.89. The standard InChI is InChI=1S/C23H24FN3O5S2/c1-2-27-18-12-19-20(32-11-10-31-19)13-21(18)33-23(27)25-22(28)15-4-3-9-26(14-15)34(29,30)17-7-5-16(24)6-8-17/h5-8,12-13,15H,2-4,9-11,14H2,1H3. The van der Waals surface area contributed by atoms with Crippen molar-refractivity contribution in [2.24, 2.45) is 10.9 Å². The summed E-state index contributed by atoms with van der Waals surface area (Å²) in [5.41, 5.74) is 0.910. The number of hydrogen-bond acceptors (Lipinski definition) is 6. The average Bonchev–Trinajstić information content (AvgIpc) is 3.18. The van der Waals surface area contributed by atoms with Gasteiger partial charge in [0.15, 0.2) is 16.3 Å². The van der Waals surface area contributed by atoms with Crippen LogP contribution < -0.4 is 14.3 Å². The van der Waals surface area contributed by atoms with Crippen molar-refractivity contribution in [1.29, 1.82) is 0 Å². The van der Waals surface area contributed by atoms with Crippen LogP contribution in [0.3, 0.4) is 0 Å². The maximum atomic E-state index is 13.2. The number of hydrogen-bond donors (Lipinski definition) is 0. The minimum absolute atomic E-state index is 0.0145. The van der Waals surface area contributed by atoms with Crippen molar-refractivity contribution in [3.05, 3.63) is 47.0 Å². The molecule has 3 aromatic rings. The molecule has 2 aliphatic heterocycles. The Labute approximate surface area is 200 Å². The van der Waals surface area contributed by atoms with Gasteiger partial charge in [-0.3, -0.25) is 4.79 Å². The number of ether oxygens (including phenoxy) is 2. The van der Waals surface area contributed by atoms with Crippen molar-refractivity contribution < 1.29 is 27.1 Å². The third-order valence-electron chi connectivity index (χ3n) is 6.05. The smallest absolute Gasteiger partial charge is 0.252 e. The van der Waals surface area contributed by atoms with Crippen molar-refractivity contribution in [1.82, 2.24) is 8.87 Å². The number of nitrogens with zero attached hydrogens (tertiary/aromatic N) is 3. The second kappa shape index (κ2) is 9.12. The molecule has 1 unspecified atom stereocenters. The van der Waals surface area contributed by atoms with E-state index in [4.69, 9.17) is 9.47 Å². The maximum absolute atomic E-state index is 13.2. The van der Waals surface area contributed by atoms with Gasteiger partial charge in [-0.15, -0.1) is 0 Å². The van der Waals surface area contributed by atoms with E-state index in [0.29, 0.717) is 55.4 Å². The molecule has 0 radical (unpaired) electrons. The van der Waals surface area contributed by atoms with Gasteiger partial charge < -0.3 is 14.0 Å². The molecule has 11 heteroatoms. The van der Waals surface area contributed by atoms with Crippen molar-refractivity contribution in [3.63, 3.8) is 0 Å². The van der Waals surface area contributed by atoms with Crippen molar-refractivity contribution in [3.8, 4) is 11.5 Å². The van der Waals surface area contributed by atoms with Gasteiger partial charge in [-0.1, -0.05) is 11.3 Å². The molecule has 1 saturated heterocycles. The molecule has 5 rings (SSSR count). The summed E-state index contributed by atoms with van der Waals surface area (Å²) < 4.78 is 54.8. The first-order valence-electron chi connectivity index (χ1n) is 11.1. The van der Waals surface area contributed by atoms with Crippen LogP contribution in [0.15, 0.2) is 46.3 Å². The molecule has 180 valence electrons. The van der Waals surface area contributed by atoms with Crippen molar-refractivity contribution in [2.45, 2.75) is 31.2 Å². The molecule has 0 spiro atoms. The molecular formula is C23H24FN3O5S2. The highest BCUT2D eigenvalue weighted by Gasteiger charge is 2.33. The quantitative estimate of drug-likeness (QED) is 0.543. The Morgan fingerprint density at radius 1 is 1.18 bits per heavy atom. The molecule has 0 N–H and O–H groups in total. The molecule has 2 aliphatic rings. The van der Waals surface area contributed by atoms with Crippen LogP contribution in [0.4, 0.5) is 4.39 Å². The zero-order valence-electron chi connectivity index (χ0n) is 18.6. The van der Waals surface area contributed by atoms with Gasteiger partial charge in [-0.25, -0.2) is 12.8 Å². The molecular weight excluding hydrogens is 481 g/mol. The normalized spacial score (nSPS) is 19.5. The van der Waals surface area contributed by atoms with Crippen LogP contribution in [0.2, 0.25) is 0 Å². The van der Waals surface area contributed by atoms with Gasteiger partial charge in [0.25, 0.3) is 5.91 Å².